The zero-order chi connectivity index (χ0) is 13.2. The second-order valence-electron chi connectivity index (χ2n) is 4.63. The van der Waals surface area contributed by atoms with Gasteiger partial charge in [-0.05, 0) is 30.7 Å². The van der Waals surface area contributed by atoms with E-state index in [1.807, 2.05) is 34.0 Å². The highest BCUT2D eigenvalue weighted by molar-refractivity contribution is 7.98. The average molecular weight is 294 g/mol. The Hall–Kier alpha value is -0.820. The van der Waals surface area contributed by atoms with E-state index < -0.39 is 0 Å². The molecule has 3 rings (SSSR count). The normalized spacial score (nSPS) is 16.3. The van der Waals surface area contributed by atoms with Gasteiger partial charge in [0.25, 0.3) is 0 Å². The van der Waals surface area contributed by atoms with E-state index in [1.54, 1.807) is 0 Å². The summed E-state index contributed by atoms with van der Waals surface area (Å²) in [7, 11) is 0. The van der Waals surface area contributed by atoms with Crippen molar-refractivity contribution >= 4 is 23.1 Å². The van der Waals surface area contributed by atoms with E-state index in [0.717, 1.165) is 17.9 Å². The van der Waals surface area contributed by atoms with Crippen LogP contribution >= 0.6 is 23.1 Å². The third kappa shape index (κ3) is 2.58. The number of nitrogens with one attached hydrogen (secondary N) is 1. The first kappa shape index (κ1) is 13.2. The highest BCUT2D eigenvalue weighted by Crippen LogP contribution is 2.36. The third-order valence-electron chi connectivity index (χ3n) is 3.41. The summed E-state index contributed by atoms with van der Waals surface area (Å²) in [5.41, 5.74) is 5.55. The first-order chi connectivity index (χ1) is 9.31. The molecule has 1 aliphatic rings. The van der Waals surface area contributed by atoms with Crippen molar-refractivity contribution in [3.05, 3.63) is 39.3 Å². The lowest BCUT2D eigenvalue weighted by molar-refractivity contribution is 0.637. The maximum Gasteiger partial charge on any atom is 0.0833 e. The van der Waals surface area contributed by atoms with Crippen LogP contribution in [-0.4, -0.2) is 15.5 Å². The van der Waals surface area contributed by atoms with Crippen LogP contribution in [0.15, 0.2) is 18.5 Å². The van der Waals surface area contributed by atoms with Crippen LogP contribution in [0.1, 0.15) is 33.8 Å². The van der Waals surface area contributed by atoms with E-state index in [-0.39, 0.29) is 6.04 Å². The maximum absolute atomic E-state index is 5.76. The molecule has 0 radical (unpaired) electrons. The lowest BCUT2D eigenvalue weighted by Gasteiger charge is -2.11. The van der Waals surface area contributed by atoms with Crippen molar-refractivity contribution in [3.63, 3.8) is 0 Å². The minimum absolute atomic E-state index is 0.0564. The highest BCUT2D eigenvalue weighted by Gasteiger charge is 2.20. The molecule has 0 amide bonds. The molecule has 0 aliphatic carbocycles. The Balaban J connectivity index is 1.91. The molecular weight excluding hydrogens is 276 g/mol. The first-order valence-electron chi connectivity index (χ1n) is 6.49. The lowest BCUT2D eigenvalue weighted by atomic mass is 10.1. The molecule has 0 spiro atoms. The predicted molar refractivity (Wildman–Crippen MR) is 81.3 cm³/mol. The summed E-state index contributed by atoms with van der Waals surface area (Å²) < 4.78 is 1.93. The Bertz CT molecular complexity index is 537. The van der Waals surface area contributed by atoms with Crippen LogP contribution < -0.4 is 11.3 Å². The van der Waals surface area contributed by atoms with Crippen molar-refractivity contribution in [2.24, 2.45) is 5.84 Å². The summed E-state index contributed by atoms with van der Waals surface area (Å²) >= 11 is 3.90. The summed E-state index contributed by atoms with van der Waals surface area (Å²) in [6, 6.07) is 2.36. The fraction of sp³-hybridized carbons (Fsp3) is 0.462. The number of hydrogen-bond donors (Lipinski definition) is 2. The van der Waals surface area contributed by atoms with Crippen LogP contribution in [-0.2, 0) is 18.7 Å². The van der Waals surface area contributed by atoms with Gasteiger partial charge in [-0.1, -0.05) is 0 Å². The fourth-order valence-corrected chi connectivity index (χ4v) is 4.82. The van der Waals surface area contributed by atoms with Crippen LogP contribution in [0, 0.1) is 0 Å². The number of rotatable bonds is 4. The number of nitrogens with zero attached hydrogens (tertiary/aromatic N) is 2. The van der Waals surface area contributed by atoms with Gasteiger partial charge < -0.3 is 0 Å². The minimum atomic E-state index is 0.0564. The molecule has 0 saturated carbocycles. The van der Waals surface area contributed by atoms with E-state index in [1.165, 1.54) is 27.5 Å². The smallest absolute Gasteiger partial charge is 0.0833 e. The number of hydrazine groups is 1. The van der Waals surface area contributed by atoms with Crippen LogP contribution in [0.5, 0.6) is 0 Å². The largest absolute Gasteiger partial charge is 0.273 e. The van der Waals surface area contributed by atoms with Crippen molar-refractivity contribution in [1.29, 1.82) is 0 Å². The van der Waals surface area contributed by atoms with E-state index in [0.29, 0.717) is 0 Å². The molecule has 2 aromatic heterocycles. The van der Waals surface area contributed by atoms with Gasteiger partial charge in [-0.2, -0.15) is 16.9 Å². The molecule has 2 aromatic rings. The van der Waals surface area contributed by atoms with E-state index >= 15 is 0 Å². The van der Waals surface area contributed by atoms with Crippen LogP contribution in [0.3, 0.4) is 0 Å². The molecule has 1 unspecified atom stereocenters. The predicted octanol–water partition coefficient (Wildman–Crippen LogP) is 2.31. The molecule has 0 bridgehead atoms. The molecule has 0 saturated heterocycles. The number of thioether (sulfide) groups is 1. The Morgan fingerprint density at radius 1 is 1.58 bits per heavy atom. The average Bonchev–Trinajstić information content (AvgIpc) is 3.05. The Morgan fingerprint density at radius 3 is 3.16 bits per heavy atom. The number of aryl methyl sites for hydroxylation is 2. The molecular formula is C13H18N4S2. The van der Waals surface area contributed by atoms with Gasteiger partial charge in [-0.25, -0.2) is 5.43 Å². The van der Waals surface area contributed by atoms with Crippen molar-refractivity contribution in [2.75, 3.05) is 5.75 Å². The molecule has 102 valence electrons. The lowest BCUT2D eigenvalue weighted by Crippen LogP contribution is -2.27. The summed E-state index contributed by atoms with van der Waals surface area (Å²) in [6.45, 7) is 2.97. The Labute approximate surface area is 121 Å². The van der Waals surface area contributed by atoms with Gasteiger partial charge in [0.05, 0.1) is 12.2 Å². The number of aromatic nitrogens is 2. The second kappa shape index (κ2) is 5.66. The molecule has 19 heavy (non-hydrogen) atoms. The molecule has 0 aromatic carbocycles. The fourth-order valence-electron chi connectivity index (χ4n) is 2.36. The Kier molecular flexibility index (Phi) is 3.93. The molecule has 1 atom stereocenters. The highest BCUT2D eigenvalue weighted by atomic mass is 32.2. The van der Waals surface area contributed by atoms with Gasteiger partial charge in [-0.15, -0.1) is 11.3 Å². The molecule has 3 heterocycles. The third-order valence-corrected chi connectivity index (χ3v) is 5.72. The second-order valence-corrected chi connectivity index (χ2v) is 6.90. The van der Waals surface area contributed by atoms with E-state index in [4.69, 9.17) is 5.84 Å². The van der Waals surface area contributed by atoms with Crippen molar-refractivity contribution < 1.29 is 0 Å². The topological polar surface area (TPSA) is 55.9 Å². The van der Waals surface area contributed by atoms with Crippen LogP contribution in [0.2, 0.25) is 0 Å². The number of hydrogen-bond acceptors (Lipinski definition) is 5. The summed E-state index contributed by atoms with van der Waals surface area (Å²) in [6.07, 6.45) is 5.16. The molecule has 1 aliphatic heterocycles. The van der Waals surface area contributed by atoms with E-state index in [9.17, 15) is 0 Å². The summed E-state index contributed by atoms with van der Waals surface area (Å²) in [5, 5.41) is 4.33. The van der Waals surface area contributed by atoms with Gasteiger partial charge in [-0.3, -0.25) is 10.5 Å². The summed E-state index contributed by atoms with van der Waals surface area (Å²) in [4.78, 5) is 2.82. The van der Waals surface area contributed by atoms with Crippen molar-refractivity contribution in [1.82, 2.24) is 15.2 Å². The maximum atomic E-state index is 5.76. The van der Waals surface area contributed by atoms with Gasteiger partial charge in [0.15, 0.2) is 0 Å². The molecule has 6 heteroatoms. The van der Waals surface area contributed by atoms with Crippen LogP contribution in [0.25, 0.3) is 0 Å². The van der Waals surface area contributed by atoms with Crippen molar-refractivity contribution in [2.45, 2.75) is 31.7 Å². The first-order valence-corrected chi connectivity index (χ1v) is 8.46. The van der Waals surface area contributed by atoms with Gasteiger partial charge in [0.2, 0.25) is 0 Å². The Morgan fingerprint density at radius 2 is 2.47 bits per heavy atom. The van der Waals surface area contributed by atoms with E-state index in [2.05, 4.69) is 29.7 Å². The molecule has 3 N–H and O–H groups in total. The number of fused-ring (bicyclic) bond motifs is 1. The molecule has 4 nitrogen and oxygen atoms in total. The number of nitrogens with two attached hydrogens (primary N) is 1. The van der Waals surface area contributed by atoms with Crippen molar-refractivity contribution in [3.8, 4) is 0 Å². The zero-order valence-corrected chi connectivity index (χ0v) is 12.6. The SMILES string of the molecule is CCn1cc(C(NN)c2cc3c(s2)CCSC3)cn1. The van der Waals surface area contributed by atoms with Gasteiger partial charge in [0, 0.05) is 33.8 Å². The number of thiophene rings is 1. The van der Waals surface area contributed by atoms with Gasteiger partial charge >= 0.3 is 0 Å². The minimum Gasteiger partial charge on any atom is -0.273 e. The zero-order valence-electron chi connectivity index (χ0n) is 10.9. The standard InChI is InChI=1S/C13H18N4S2/c1-2-17-7-10(6-15-17)13(16-14)12-5-9-8-18-4-3-11(9)19-12/h5-7,13,16H,2-4,8,14H2,1H3. The van der Waals surface area contributed by atoms with Crippen LogP contribution in [0.4, 0.5) is 0 Å². The quantitative estimate of drug-likeness (QED) is 0.671. The van der Waals surface area contributed by atoms with Gasteiger partial charge in [0.1, 0.15) is 0 Å². The monoisotopic (exact) mass is 294 g/mol. The molecule has 0 fully saturated rings. The summed E-state index contributed by atoms with van der Waals surface area (Å²) in [5.74, 6) is 8.13.